The van der Waals surface area contributed by atoms with Crippen LogP contribution in [0.15, 0.2) is 18.2 Å². The molecule has 0 atom stereocenters. The van der Waals surface area contributed by atoms with Gasteiger partial charge in [0.05, 0.1) is 0 Å². The number of carbonyl (C=O) groups is 1. The van der Waals surface area contributed by atoms with E-state index in [1.807, 2.05) is 0 Å². The number of carboxylic acid groups (broad SMARTS) is 1. The van der Waals surface area contributed by atoms with E-state index in [9.17, 15) is 9.90 Å². The number of carboxylic acids is 1. The summed E-state index contributed by atoms with van der Waals surface area (Å²) in [6.45, 7) is 0. The minimum absolute atomic E-state index is 0.0237. The molecule has 0 aliphatic heterocycles. The molecular formula is C10H10O3. The van der Waals surface area contributed by atoms with Gasteiger partial charge >= 0.3 is 5.97 Å². The summed E-state index contributed by atoms with van der Waals surface area (Å²) in [6, 6.07) is 4.80. The first-order chi connectivity index (χ1) is 6.18. The van der Waals surface area contributed by atoms with E-state index in [2.05, 4.69) is 0 Å². The van der Waals surface area contributed by atoms with E-state index in [-0.39, 0.29) is 11.3 Å². The van der Waals surface area contributed by atoms with Crippen LogP contribution in [0, 0.1) is 0 Å². The molecule has 0 amide bonds. The summed E-state index contributed by atoms with van der Waals surface area (Å²) in [7, 11) is 0. The summed E-state index contributed by atoms with van der Waals surface area (Å²) < 4.78 is 0. The number of aromatic carboxylic acids is 1. The second-order valence-corrected chi connectivity index (χ2v) is 3.36. The Morgan fingerprint density at radius 2 is 2.08 bits per heavy atom. The largest absolute Gasteiger partial charge is 0.507 e. The maximum Gasteiger partial charge on any atom is 0.339 e. The predicted octanol–water partition coefficient (Wildman–Crippen LogP) is 1.97. The maximum atomic E-state index is 10.6. The Bertz CT molecular complexity index is 353. The van der Waals surface area contributed by atoms with Crippen molar-refractivity contribution in [2.45, 2.75) is 18.8 Å². The van der Waals surface area contributed by atoms with Crippen molar-refractivity contribution in [1.29, 1.82) is 0 Å². The summed E-state index contributed by atoms with van der Waals surface area (Å²) in [5.41, 5.74) is 1.02. The van der Waals surface area contributed by atoms with Crippen molar-refractivity contribution in [2.75, 3.05) is 0 Å². The van der Waals surface area contributed by atoms with E-state index in [4.69, 9.17) is 5.11 Å². The van der Waals surface area contributed by atoms with Crippen LogP contribution < -0.4 is 0 Å². The molecule has 0 bridgehead atoms. The zero-order valence-corrected chi connectivity index (χ0v) is 7.03. The number of rotatable bonds is 2. The third-order valence-electron chi connectivity index (χ3n) is 2.30. The Labute approximate surface area is 75.6 Å². The van der Waals surface area contributed by atoms with Crippen LogP contribution in [0.25, 0.3) is 0 Å². The molecule has 1 aromatic rings. The molecular weight excluding hydrogens is 168 g/mol. The molecule has 68 valence electrons. The lowest BCUT2D eigenvalue weighted by atomic mass is 10.1. The van der Waals surface area contributed by atoms with Gasteiger partial charge in [0.15, 0.2) is 0 Å². The Hall–Kier alpha value is -1.51. The summed E-state index contributed by atoms with van der Waals surface area (Å²) in [6.07, 6.45) is 2.29. The van der Waals surface area contributed by atoms with Crippen LogP contribution in [-0.4, -0.2) is 16.2 Å². The van der Waals surface area contributed by atoms with Crippen molar-refractivity contribution in [1.82, 2.24) is 0 Å². The molecule has 1 aromatic carbocycles. The molecule has 3 heteroatoms. The Morgan fingerprint density at radius 1 is 1.38 bits per heavy atom. The van der Waals surface area contributed by atoms with Gasteiger partial charge in [-0.2, -0.15) is 0 Å². The monoisotopic (exact) mass is 178 g/mol. The first-order valence-corrected chi connectivity index (χ1v) is 4.24. The molecule has 2 N–H and O–H groups in total. The highest BCUT2D eigenvalue weighted by Gasteiger charge is 2.24. The fraction of sp³-hybridized carbons (Fsp3) is 0.300. The first-order valence-electron chi connectivity index (χ1n) is 4.24. The van der Waals surface area contributed by atoms with Crippen LogP contribution in [0.2, 0.25) is 0 Å². The van der Waals surface area contributed by atoms with Gasteiger partial charge in [-0.05, 0) is 36.5 Å². The summed E-state index contributed by atoms with van der Waals surface area (Å²) >= 11 is 0. The third-order valence-corrected chi connectivity index (χ3v) is 2.30. The number of hydrogen-bond donors (Lipinski definition) is 2. The molecule has 13 heavy (non-hydrogen) atoms. The lowest BCUT2D eigenvalue weighted by Gasteiger charge is -2.02. The lowest BCUT2D eigenvalue weighted by Crippen LogP contribution is -1.96. The number of benzene rings is 1. The molecule has 0 radical (unpaired) electrons. The number of hydrogen-bond acceptors (Lipinski definition) is 2. The fourth-order valence-electron chi connectivity index (χ4n) is 1.40. The van der Waals surface area contributed by atoms with Gasteiger partial charge in [0.1, 0.15) is 11.3 Å². The summed E-state index contributed by atoms with van der Waals surface area (Å²) in [5, 5.41) is 18.0. The normalized spacial score (nSPS) is 15.7. The standard InChI is InChI=1S/C10H10O3/c11-9-5-7(6-1-2-6)3-4-8(9)10(12)13/h3-6,11H,1-2H2,(H,12,13). The molecule has 0 saturated heterocycles. The van der Waals surface area contributed by atoms with Crippen molar-refractivity contribution >= 4 is 5.97 Å². The van der Waals surface area contributed by atoms with Crippen molar-refractivity contribution in [2.24, 2.45) is 0 Å². The molecule has 2 rings (SSSR count). The first kappa shape index (κ1) is 8.10. The van der Waals surface area contributed by atoms with E-state index in [0.717, 1.165) is 18.4 Å². The Kier molecular flexibility index (Phi) is 1.72. The maximum absolute atomic E-state index is 10.6. The smallest absolute Gasteiger partial charge is 0.339 e. The van der Waals surface area contributed by atoms with Gasteiger partial charge in [0.2, 0.25) is 0 Å². The topological polar surface area (TPSA) is 57.5 Å². The molecule has 1 fully saturated rings. The number of phenols is 1. The second kappa shape index (κ2) is 2.76. The molecule has 0 unspecified atom stereocenters. The highest BCUT2D eigenvalue weighted by Crippen LogP contribution is 2.41. The Balaban J connectivity index is 2.36. The van der Waals surface area contributed by atoms with E-state index < -0.39 is 5.97 Å². The van der Waals surface area contributed by atoms with Gasteiger partial charge in [-0.25, -0.2) is 4.79 Å². The zero-order valence-electron chi connectivity index (χ0n) is 7.03. The van der Waals surface area contributed by atoms with Crippen molar-refractivity contribution in [3.8, 4) is 5.75 Å². The van der Waals surface area contributed by atoms with Gasteiger partial charge < -0.3 is 10.2 Å². The van der Waals surface area contributed by atoms with Crippen LogP contribution in [-0.2, 0) is 0 Å². The van der Waals surface area contributed by atoms with Gasteiger partial charge in [-0.3, -0.25) is 0 Å². The number of aromatic hydroxyl groups is 1. The van der Waals surface area contributed by atoms with E-state index in [0.29, 0.717) is 5.92 Å². The highest BCUT2D eigenvalue weighted by atomic mass is 16.4. The van der Waals surface area contributed by atoms with Gasteiger partial charge in [-0.15, -0.1) is 0 Å². The van der Waals surface area contributed by atoms with Gasteiger partial charge in [-0.1, -0.05) is 6.07 Å². The van der Waals surface area contributed by atoms with Gasteiger partial charge in [0, 0.05) is 0 Å². The molecule has 1 saturated carbocycles. The average molecular weight is 178 g/mol. The highest BCUT2D eigenvalue weighted by molar-refractivity contribution is 5.90. The molecule has 3 nitrogen and oxygen atoms in total. The van der Waals surface area contributed by atoms with Crippen molar-refractivity contribution in [3.63, 3.8) is 0 Å². The van der Waals surface area contributed by atoms with Crippen molar-refractivity contribution < 1.29 is 15.0 Å². The van der Waals surface area contributed by atoms with Crippen LogP contribution in [0.4, 0.5) is 0 Å². The van der Waals surface area contributed by atoms with Crippen LogP contribution in [0.3, 0.4) is 0 Å². The molecule has 0 aromatic heterocycles. The minimum Gasteiger partial charge on any atom is -0.507 e. The third kappa shape index (κ3) is 1.49. The molecule has 0 heterocycles. The molecule has 0 spiro atoms. The van der Waals surface area contributed by atoms with Crippen molar-refractivity contribution in [3.05, 3.63) is 29.3 Å². The zero-order chi connectivity index (χ0) is 9.42. The SMILES string of the molecule is O=C(O)c1ccc(C2CC2)cc1O. The second-order valence-electron chi connectivity index (χ2n) is 3.36. The lowest BCUT2D eigenvalue weighted by molar-refractivity contribution is 0.0693. The minimum atomic E-state index is -1.08. The van der Waals surface area contributed by atoms with E-state index in [1.54, 1.807) is 12.1 Å². The summed E-state index contributed by atoms with van der Waals surface area (Å²) in [5.74, 6) is -0.675. The fourth-order valence-corrected chi connectivity index (χ4v) is 1.40. The van der Waals surface area contributed by atoms with Crippen LogP contribution >= 0.6 is 0 Å². The Morgan fingerprint density at radius 3 is 2.54 bits per heavy atom. The van der Waals surface area contributed by atoms with Gasteiger partial charge in [0.25, 0.3) is 0 Å². The van der Waals surface area contributed by atoms with E-state index >= 15 is 0 Å². The predicted molar refractivity (Wildman–Crippen MR) is 47.0 cm³/mol. The van der Waals surface area contributed by atoms with Crippen LogP contribution in [0.1, 0.15) is 34.7 Å². The summed E-state index contributed by atoms with van der Waals surface area (Å²) in [4.78, 5) is 10.6. The van der Waals surface area contributed by atoms with Crippen LogP contribution in [0.5, 0.6) is 5.75 Å². The quantitative estimate of drug-likeness (QED) is 0.727. The van der Waals surface area contributed by atoms with E-state index in [1.165, 1.54) is 6.07 Å². The molecule has 1 aliphatic carbocycles. The average Bonchev–Trinajstić information content (AvgIpc) is 2.85. The molecule has 1 aliphatic rings.